The first kappa shape index (κ1) is 16.7. The highest BCUT2D eigenvalue weighted by Gasteiger charge is 2.22. The SMILES string of the molecule is CCC(C)N(CC(=O)O)C(=O)Cn1cc(-c2ccccc2)nn1. The largest absolute Gasteiger partial charge is 0.480 e. The molecule has 1 aromatic heterocycles. The van der Waals surface area contributed by atoms with Gasteiger partial charge in [0.1, 0.15) is 18.8 Å². The van der Waals surface area contributed by atoms with E-state index in [1.807, 2.05) is 44.2 Å². The molecule has 7 nitrogen and oxygen atoms in total. The lowest BCUT2D eigenvalue weighted by molar-refractivity contribution is -0.146. The number of hydrogen-bond donors (Lipinski definition) is 1. The van der Waals surface area contributed by atoms with Gasteiger partial charge in [-0.1, -0.05) is 42.5 Å². The van der Waals surface area contributed by atoms with Crippen LogP contribution < -0.4 is 0 Å². The van der Waals surface area contributed by atoms with Crippen molar-refractivity contribution in [2.24, 2.45) is 0 Å². The minimum Gasteiger partial charge on any atom is -0.480 e. The molecular formula is C16H20N4O3. The van der Waals surface area contributed by atoms with Crippen molar-refractivity contribution in [1.29, 1.82) is 0 Å². The third kappa shape index (κ3) is 4.38. The molecule has 2 rings (SSSR count). The van der Waals surface area contributed by atoms with E-state index in [-0.39, 0.29) is 25.0 Å². The molecule has 7 heteroatoms. The Labute approximate surface area is 134 Å². The van der Waals surface area contributed by atoms with Crippen LogP contribution in [0.5, 0.6) is 0 Å². The van der Waals surface area contributed by atoms with E-state index in [0.717, 1.165) is 5.56 Å². The fraction of sp³-hybridized carbons (Fsp3) is 0.375. The normalized spacial score (nSPS) is 11.9. The van der Waals surface area contributed by atoms with Crippen LogP contribution in [-0.2, 0) is 16.1 Å². The Morgan fingerprint density at radius 3 is 2.61 bits per heavy atom. The predicted octanol–water partition coefficient (Wildman–Crippen LogP) is 1.66. The van der Waals surface area contributed by atoms with Crippen molar-refractivity contribution in [3.8, 4) is 11.3 Å². The molecular weight excluding hydrogens is 296 g/mol. The zero-order valence-corrected chi connectivity index (χ0v) is 13.2. The number of hydrogen-bond acceptors (Lipinski definition) is 4. The highest BCUT2D eigenvalue weighted by molar-refractivity contribution is 5.81. The van der Waals surface area contributed by atoms with Crippen molar-refractivity contribution in [2.45, 2.75) is 32.9 Å². The smallest absolute Gasteiger partial charge is 0.323 e. The van der Waals surface area contributed by atoms with Gasteiger partial charge in [0.25, 0.3) is 0 Å². The first-order valence-corrected chi connectivity index (χ1v) is 7.48. The molecule has 0 saturated heterocycles. The van der Waals surface area contributed by atoms with E-state index >= 15 is 0 Å². The minimum absolute atomic E-state index is 0.0303. The van der Waals surface area contributed by atoms with Crippen LogP contribution in [0.2, 0.25) is 0 Å². The molecule has 0 fully saturated rings. The standard InChI is InChI=1S/C16H20N4O3/c1-3-12(2)20(11-16(22)23)15(21)10-19-9-14(17-18-19)13-7-5-4-6-8-13/h4-9,12H,3,10-11H2,1-2H3,(H,22,23). The van der Waals surface area contributed by atoms with Crippen molar-refractivity contribution in [2.75, 3.05) is 6.54 Å². The fourth-order valence-corrected chi connectivity index (χ4v) is 2.20. The number of rotatable bonds is 7. The molecule has 0 aliphatic carbocycles. The van der Waals surface area contributed by atoms with Gasteiger partial charge in [-0.25, -0.2) is 4.68 Å². The second-order valence-corrected chi connectivity index (χ2v) is 5.34. The zero-order valence-electron chi connectivity index (χ0n) is 13.2. The summed E-state index contributed by atoms with van der Waals surface area (Å²) >= 11 is 0. The number of carbonyl (C=O) groups excluding carboxylic acids is 1. The van der Waals surface area contributed by atoms with Crippen molar-refractivity contribution < 1.29 is 14.7 Å². The molecule has 0 radical (unpaired) electrons. The fourth-order valence-electron chi connectivity index (χ4n) is 2.20. The molecule has 1 aromatic carbocycles. The van der Waals surface area contributed by atoms with Gasteiger partial charge in [0, 0.05) is 11.6 Å². The number of benzene rings is 1. The second-order valence-electron chi connectivity index (χ2n) is 5.34. The lowest BCUT2D eigenvalue weighted by atomic mass is 10.2. The molecule has 1 amide bonds. The molecule has 0 aliphatic heterocycles. The number of carboxylic acid groups (broad SMARTS) is 1. The van der Waals surface area contributed by atoms with E-state index in [0.29, 0.717) is 12.1 Å². The van der Waals surface area contributed by atoms with Crippen LogP contribution in [0.3, 0.4) is 0 Å². The summed E-state index contributed by atoms with van der Waals surface area (Å²) < 4.78 is 1.43. The minimum atomic E-state index is -1.03. The Morgan fingerprint density at radius 2 is 2.00 bits per heavy atom. The Kier molecular flexibility index (Phi) is 5.46. The van der Waals surface area contributed by atoms with Gasteiger partial charge in [0.15, 0.2) is 0 Å². The quantitative estimate of drug-likeness (QED) is 0.839. The summed E-state index contributed by atoms with van der Waals surface area (Å²) in [7, 11) is 0. The number of nitrogens with zero attached hydrogens (tertiary/aromatic N) is 4. The number of carbonyl (C=O) groups is 2. The van der Waals surface area contributed by atoms with Gasteiger partial charge >= 0.3 is 5.97 Å². The molecule has 1 atom stereocenters. The summed E-state index contributed by atoms with van der Waals surface area (Å²) in [5.41, 5.74) is 1.59. The summed E-state index contributed by atoms with van der Waals surface area (Å²) in [6.45, 7) is 3.40. The summed E-state index contributed by atoms with van der Waals surface area (Å²) in [6, 6.07) is 9.38. The van der Waals surface area contributed by atoms with Gasteiger partial charge < -0.3 is 10.0 Å². The zero-order chi connectivity index (χ0) is 16.8. The average molecular weight is 316 g/mol. The number of aromatic nitrogens is 3. The van der Waals surface area contributed by atoms with Crippen molar-refractivity contribution in [3.63, 3.8) is 0 Å². The van der Waals surface area contributed by atoms with E-state index < -0.39 is 5.97 Å². The maximum Gasteiger partial charge on any atom is 0.323 e. The van der Waals surface area contributed by atoms with Crippen LogP contribution in [0.25, 0.3) is 11.3 Å². The maximum atomic E-state index is 12.4. The summed E-state index contributed by atoms with van der Waals surface area (Å²) in [4.78, 5) is 24.7. The molecule has 122 valence electrons. The molecule has 2 aromatic rings. The van der Waals surface area contributed by atoms with Crippen LogP contribution in [0, 0.1) is 0 Å². The molecule has 23 heavy (non-hydrogen) atoms. The van der Waals surface area contributed by atoms with Crippen molar-refractivity contribution in [3.05, 3.63) is 36.5 Å². The van der Waals surface area contributed by atoms with E-state index in [2.05, 4.69) is 10.3 Å². The Bertz CT molecular complexity index is 669. The number of aliphatic carboxylic acids is 1. The first-order valence-electron chi connectivity index (χ1n) is 7.48. The van der Waals surface area contributed by atoms with Gasteiger partial charge in [-0.2, -0.15) is 0 Å². The summed E-state index contributed by atoms with van der Waals surface area (Å²) in [6.07, 6.45) is 2.37. The average Bonchev–Trinajstić information content (AvgIpc) is 3.01. The third-order valence-electron chi connectivity index (χ3n) is 3.65. The van der Waals surface area contributed by atoms with Crippen molar-refractivity contribution >= 4 is 11.9 Å². The van der Waals surface area contributed by atoms with E-state index in [4.69, 9.17) is 5.11 Å². The molecule has 1 heterocycles. The molecule has 1 unspecified atom stereocenters. The molecule has 0 aliphatic rings. The summed E-state index contributed by atoms with van der Waals surface area (Å²) in [5.74, 6) is -1.31. The van der Waals surface area contributed by atoms with Gasteiger partial charge in [-0.15, -0.1) is 5.10 Å². The molecule has 1 N–H and O–H groups in total. The monoisotopic (exact) mass is 316 g/mol. The highest BCUT2D eigenvalue weighted by Crippen LogP contribution is 2.15. The second kappa shape index (κ2) is 7.53. The summed E-state index contributed by atoms with van der Waals surface area (Å²) in [5, 5.41) is 17.0. The van der Waals surface area contributed by atoms with Crippen LogP contribution in [0.4, 0.5) is 0 Å². The third-order valence-corrected chi connectivity index (χ3v) is 3.65. The van der Waals surface area contributed by atoms with Crippen LogP contribution in [0.1, 0.15) is 20.3 Å². The van der Waals surface area contributed by atoms with Crippen LogP contribution in [-0.4, -0.2) is 49.5 Å². The Hall–Kier alpha value is -2.70. The van der Waals surface area contributed by atoms with Gasteiger partial charge in [-0.05, 0) is 13.3 Å². The van der Waals surface area contributed by atoms with Crippen LogP contribution >= 0.6 is 0 Å². The Balaban J connectivity index is 2.10. The van der Waals surface area contributed by atoms with Gasteiger partial charge in [0.2, 0.25) is 5.91 Å². The van der Waals surface area contributed by atoms with Gasteiger partial charge in [-0.3, -0.25) is 9.59 Å². The maximum absolute atomic E-state index is 12.4. The predicted molar refractivity (Wildman–Crippen MR) is 84.6 cm³/mol. The first-order chi connectivity index (χ1) is 11.0. The van der Waals surface area contributed by atoms with E-state index in [9.17, 15) is 9.59 Å². The van der Waals surface area contributed by atoms with Crippen molar-refractivity contribution in [1.82, 2.24) is 19.9 Å². The topological polar surface area (TPSA) is 88.3 Å². The van der Waals surface area contributed by atoms with Gasteiger partial charge in [0.05, 0.1) is 6.20 Å². The lowest BCUT2D eigenvalue weighted by Gasteiger charge is -2.26. The number of carboxylic acids is 1. The van der Waals surface area contributed by atoms with Crippen LogP contribution in [0.15, 0.2) is 36.5 Å². The van der Waals surface area contributed by atoms with E-state index in [1.165, 1.54) is 9.58 Å². The number of amides is 1. The molecule has 0 bridgehead atoms. The lowest BCUT2D eigenvalue weighted by Crippen LogP contribution is -2.43. The van der Waals surface area contributed by atoms with E-state index in [1.54, 1.807) is 6.20 Å². The Morgan fingerprint density at radius 1 is 1.30 bits per heavy atom. The molecule has 0 spiro atoms. The molecule has 0 saturated carbocycles. The highest BCUT2D eigenvalue weighted by atomic mass is 16.4.